The van der Waals surface area contributed by atoms with Gasteiger partial charge in [-0.3, -0.25) is 13.3 Å². The zero-order valence-corrected chi connectivity index (χ0v) is 20.0. The van der Waals surface area contributed by atoms with Gasteiger partial charge in [-0.2, -0.15) is 16.8 Å². The highest BCUT2D eigenvalue weighted by Gasteiger charge is 2.20. The number of rotatable bonds is 11. The Morgan fingerprint density at radius 3 is 2.17 bits per heavy atom. The van der Waals surface area contributed by atoms with Crippen molar-refractivity contribution in [1.82, 2.24) is 0 Å². The van der Waals surface area contributed by atoms with Crippen LogP contribution >= 0.6 is 12.3 Å². The van der Waals surface area contributed by atoms with Gasteiger partial charge in [0.05, 0.1) is 6.61 Å². The standard InChI is InChI=1S/C19H18N2O11S3/c22-19-14-6-2-1-5-13(14)17(34(24,25)26)11-16(19)21-20-15-8-7-12(10-18(15)35(27,28)29)4-3-9-30-33-32-31-23/h1-2,5-8,10-11,22-23H,3-4,9H2,(H,24,25,26)(H,27,28,29)/b21-20+. The minimum atomic E-state index is -4.73. The van der Waals surface area contributed by atoms with E-state index in [4.69, 9.17) is 9.44 Å². The number of phenols is 1. The van der Waals surface area contributed by atoms with E-state index in [-0.39, 0.29) is 28.8 Å². The Hall–Kier alpha value is -2.67. The molecule has 13 nitrogen and oxygen atoms in total. The molecule has 0 fully saturated rings. The number of azo groups is 1. The van der Waals surface area contributed by atoms with Crippen molar-refractivity contribution in [3.05, 3.63) is 54.1 Å². The molecule has 3 rings (SSSR count). The molecule has 16 heteroatoms. The molecular weight excluding hydrogens is 528 g/mol. The van der Waals surface area contributed by atoms with Gasteiger partial charge in [-0.05, 0) is 36.6 Å². The van der Waals surface area contributed by atoms with Crippen molar-refractivity contribution in [1.29, 1.82) is 0 Å². The van der Waals surface area contributed by atoms with Gasteiger partial charge in [0, 0.05) is 10.8 Å². The number of hydrogen-bond donors (Lipinski definition) is 4. The van der Waals surface area contributed by atoms with Crippen molar-refractivity contribution < 1.29 is 49.9 Å². The summed E-state index contributed by atoms with van der Waals surface area (Å²) in [6.45, 7) is 0.161. The Labute approximate surface area is 203 Å². The molecule has 188 valence electrons. The minimum Gasteiger partial charge on any atom is -0.505 e. The molecule has 0 bridgehead atoms. The van der Waals surface area contributed by atoms with E-state index in [0.717, 1.165) is 6.07 Å². The molecule has 0 amide bonds. The molecule has 0 aromatic heterocycles. The summed E-state index contributed by atoms with van der Waals surface area (Å²) in [6, 6.07) is 10.7. The number of nitrogens with zero attached hydrogens (tertiary/aromatic N) is 2. The van der Waals surface area contributed by atoms with Gasteiger partial charge < -0.3 is 5.11 Å². The van der Waals surface area contributed by atoms with E-state index < -0.39 is 35.8 Å². The fraction of sp³-hybridized carbons (Fsp3) is 0.158. The largest absolute Gasteiger partial charge is 0.505 e. The van der Waals surface area contributed by atoms with Crippen molar-refractivity contribution in [3.8, 4) is 5.75 Å². The van der Waals surface area contributed by atoms with Gasteiger partial charge in [0.1, 0.15) is 21.2 Å². The summed E-state index contributed by atoms with van der Waals surface area (Å²) < 4.78 is 75.6. The van der Waals surface area contributed by atoms with Crippen LogP contribution in [0.25, 0.3) is 10.8 Å². The predicted molar refractivity (Wildman–Crippen MR) is 123 cm³/mol. The Kier molecular flexibility index (Phi) is 8.75. The van der Waals surface area contributed by atoms with Crippen molar-refractivity contribution in [2.45, 2.75) is 22.6 Å². The first-order valence-corrected chi connectivity index (χ1v) is 13.1. The van der Waals surface area contributed by atoms with Gasteiger partial charge in [-0.25, -0.2) is 5.26 Å². The summed E-state index contributed by atoms with van der Waals surface area (Å²) >= 11 is 0.398. The topological polar surface area (TPSA) is 202 Å². The van der Waals surface area contributed by atoms with E-state index in [9.17, 15) is 31.0 Å². The van der Waals surface area contributed by atoms with Crippen LogP contribution in [0.15, 0.2) is 68.6 Å². The third kappa shape index (κ3) is 6.94. The van der Waals surface area contributed by atoms with E-state index in [2.05, 4.69) is 19.6 Å². The van der Waals surface area contributed by atoms with E-state index in [1.165, 1.54) is 42.5 Å². The Bertz CT molecular complexity index is 1460. The number of fused-ring (bicyclic) bond motifs is 1. The summed E-state index contributed by atoms with van der Waals surface area (Å²) in [7, 11) is -9.42. The zero-order chi connectivity index (χ0) is 25.6. The predicted octanol–water partition coefficient (Wildman–Crippen LogP) is 4.39. The first kappa shape index (κ1) is 26.9. The van der Waals surface area contributed by atoms with Crippen LogP contribution in [0, 0.1) is 0 Å². The molecule has 0 saturated carbocycles. The maximum atomic E-state index is 11.9. The van der Waals surface area contributed by atoms with Crippen LogP contribution in [0.2, 0.25) is 0 Å². The maximum absolute atomic E-state index is 11.9. The molecule has 0 aliphatic heterocycles. The summed E-state index contributed by atoms with van der Waals surface area (Å²) in [5, 5.41) is 29.5. The Balaban J connectivity index is 1.94. The first-order valence-electron chi connectivity index (χ1n) is 9.53. The molecule has 3 aromatic rings. The van der Waals surface area contributed by atoms with Gasteiger partial charge in [-0.1, -0.05) is 35.4 Å². The Morgan fingerprint density at radius 2 is 1.51 bits per heavy atom. The number of phenolic OH excluding ortho intramolecular Hbond substituents is 1. The maximum Gasteiger partial charge on any atom is 0.296 e. The molecule has 0 saturated heterocycles. The van der Waals surface area contributed by atoms with Crippen LogP contribution < -0.4 is 0 Å². The lowest BCUT2D eigenvalue weighted by Gasteiger charge is -2.09. The van der Waals surface area contributed by atoms with Crippen LogP contribution in [0.3, 0.4) is 0 Å². The first-order chi connectivity index (χ1) is 16.5. The van der Waals surface area contributed by atoms with Crippen molar-refractivity contribution in [2.24, 2.45) is 10.2 Å². The molecule has 0 spiro atoms. The van der Waals surface area contributed by atoms with Crippen LogP contribution in [-0.2, 0) is 40.2 Å². The summed E-state index contributed by atoms with van der Waals surface area (Å²) in [4.78, 5) is -1.09. The quantitative estimate of drug-likeness (QED) is 0.0660. The average Bonchev–Trinajstić information content (AvgIpc) is 2.80. The van der Waals surface area contributed by atoms with E-state index in [1.807, 2.05) is 0 Å². The Morgan fingerprint density at radius 1 is 0.857 bits per heavy atom. The van der Waals surface area contributed by atoms with Crippen molar-refractivity contribution in [3.63, 3.8) is 0 Å². The average molecular weight is 547 g/mol. The third-order valence-electron chi connectivity index (χ3n) is 4.60. The lowest BCUT2D eigenvalue weighted by Crippen LogP contribution is -2.01. The second-order valence-electron chi connectivity index (χ2n) is 6.88. The van der Waals surface area contributed by atoms with Crippen LogP contribution in [0.4, 0.5) is 11.4 Å². The summed E-state index contributed by atoms with van der Waals surface area (Å²) in [5.74, 6) is -0.449. The second-order valence-corrected chi connectivity index (χ2v) is 10.2. The van der Waals surface area contributed by atoms with Gasteiger partial charge >= 0.3 is 0 Å². The zero-order valence-electron chi connectivity index (χ0n) is 17.5. The number of aryl methyl sites for hydroxylation is 1. The molecule has 0 atom stereocenters. The molecule has 0 heterocycles. The van der Waals surface area contributed by atoms with Crippen LogP contribution in [-0.4, -0.2) is 42.9 Å². The highest BCUT2D eigenvalue weighted by atomic mass is 32.2. The molecular formula is C19H18N2O11S3. The number of hydrogen-bond acceptors (Lipinski definition) is 12. The van der Waals surface area contributed by atoms with Gasteiger partial charge in [-0.15, -0.1) is 14.6 Å². The van der Waals surface area contributed by atoms with Gasteiger partial charge in [0.2, 0.25) is 0 Å². The third-order valence-corrected chi connectivity index (χ3v) is 6.76. The van der Waals surface area contributed by atoms with E-state index in [1.54, 1.807) is 0 Å². The minimum absolute atomic E-state index is 0.0484. The van der Waals surface area contributed by atoms with Crippen LogP contribution in [0.5, 0.6) is 5.75 Å². The fourth-order valence-corrected chi connectivity index (χ4v) is 4.75. The lowest BCUT2D eigenvalue weighted by molar-refractivity contribution is -0.434. The smallest absolute Gasteiger partial charge is 0.296 e. The highest BCUT2D eigenvalue weighted by molar-refractivity contribution is 7.89. The van der Waals surface area contributed by atoms with Gasteiger partial charge in [0.15, 0.2) is 18.1 Å². The van der Waals surface area contributed by atoms with E-state index in [0.29, 0.717) is 30.7 Å². The summed E-state index contributed by atoms with van der Waals surface area (Å²) in [5.41, 5.74) is -0.130. The molecule has 0 aliphatic carbocycles. The van der Waals surface area contributed by atoms with Crippen LogP contribution in [0.1, 0.15) is 12.0 Å². The normalized spacial score (nSPS) is 12.5. The van der Waals surface area contributed by atoms with Crippen molar-refractivity contribution >= 4 is 54.7 Å². The second kappa shape index (κ2) is 11.4. The molecule has 35 heavy (non-hydrogen) atoms. The number of benzene rings is 3. The molecule has 0 radical (unpaired) electrons. The molecule has 3 aromatic carbocycles. The summed E-state index contributed by atoms with van der Waals surface area (Å²) in [6.07, 6.45) is 0.751. The molecule has 4 N–H and O–H groups in total. The van der Waals surface area contributed by atoms with Gasteiger partial charge in [0.25, 0.3) is 20.2 Å². The van der Waals surface area contributed by atoms with Crippen molar-refractivity contribution in [2.75, 3.05) is 6.61 Å². The molecule has 0 aliphatic rings. The monoisotopic (exact) mass is 546 g/mol. The highest BCUT2D eigenvalue weighted by Crippen LogP contribution is 2.40. The SMILES string of the molecule is O=S(=O)(O)c1cc(CCCOSOOO)ccc1/N=N/c1cc(S(=O)(=O)O)c2ccccc2c1O. The lowest BCUT2D eigenvalue weighted by atomic mass is 10.1. The van der Waals surface area contributed by atoms with E-state index >= 15 is 0 Å². The fourth-order valence-electron chi connectivity index (χ4n) is 3.11. The molecule has 0 unspecified atom stereocenters. The number of aromatic hydroxyl groups is 1.